The molecule has 0 unspecified atom stereocenters. The number of allylic oxidation sites excluding steroid dienone is 1. The summed E-state index contributed by atoms with van der Waals surface area (Å²) in [6, 6.07) is 1.96. The van der Waals surface area contributed by atoms with Crippen molar-refractivity contribution in [3.05, 3.63) is 24.0 Å². The molecular formula is C11H20N2. The van der Waals surface area contributed by atoms with Gasteiger partial charge in [0, 0.05) is 6.20 Å². The van der Waals surface area contributed by atoms with E-state index < -0.39 is 0 Å². The normalized spacial score (nSPS) is 10.2. The van der Waals surface area contributed by atoms with Gasteiger partial charge in [0.15, 0.2) is 0 Å². The molecule has 2 heteroatoms. The first kappa shape index (κ1) is 11.9. The molecule has 1 rings (SSSR count). The molecule has 74 valence electrons. The molecule has 0 radical (unpaired) electrons. The molecule has 1 N–H and O–H groups in total. The molecule has 2 nitrogen and oxygen atoms in total. The molecule has 0 saturated carbocycles. The van der Waals surface area contributed by atoms with Crippen LogP contribution in [0.5, 0.6) is 0 Å². The number of hydrogen-bond acceptors (Lipinski definition) is 1. The average molecular weight is 180 g/mol. The number of nitrogens with zero attached hydrogens (tertiary/aromatic N) is 1. The van der Waals surface area contributed by atoms with Gasteiger partial charge < -0.3 is 0 Å². The minimum atomic E-state index is 0.731. The van der Waals surface area contributed by atoms with E-state index in [4.69, 9.17) is 0 Å². The van der Waals surface area contributed by atoms with E-state index in [0.717, 1.165) is 18.0 Å². The lowest BCUT2D eigenvalue weighted by Gasteiger charge is -1.95. The van der Waals surface area contributed by atoms with Crippen molar-refractivity contribution >= 4 is 6.08 Å². The summed E-state index contributed by atoms with van der Waals surface area (Å²) >= 11 is 0. The lowest BCUT2D eigenvalue weighted by Crippen LogP contribution is -1.81. The Morgan fingerprint density at radius 2 is 2.15 bits per heavy atom. The van der Waals surface area contributed by atoms with Gasteiger partial charge in [0.1, 0.15) is 0 Å². The van der Waals surface area contributed by atoms with Crippen LogP contribution in [0.1, 0.15) is 39.8 Å². The van der Waals surface area contributed by atoms with Crippen LogP contribution in [0, 0.1) is 5.92 Å². The van der Waals surface area contributed by atoms with Gasteiger partial charge in [0.05, 0.1) is 5.69 Å². The van der Waals surface area contributed by atoms with Gasteiger partial charge in [-0.1, -0.05) is 33.8 Å². The van der Waals surface area contributed by atoms with Gasteiger partial charge in [0.25, 0.3) is 0 Å². The van der Waals surface area contributed by atoms with Crippen molar-refractivity contribution in [2.75, 3.05) is 0 Å². The first-order valence-electron chi connectivity index (χ1n) is 4.95. The number of rotatable bonds is 3. The highest BCUT2D eigenvalue weighted by atomic mass is 15.1. The van der Waals surface area contributed by atoms with Crippen molar-refractivity contribution in [2.45, 2.75) is 34.1 Å². The molecule has 1 aromatic rings. The second kappa shape index (κ2) is 7.59. The van der Waals surface area contributed by atoms with Crippen LogP contribution in [0.2, 0.25) is 0 Å². The fourth-order valence-electron chi connectivity index (χ4n) is 0.827. The maximum Gasteiger partial charge on any atom is 0.0574 e. The minimum Gasteiger partial charge on any atom is -0.278 e. The van der Waals surface area contributed by atoms with E-state index >= 15 is 0 Å². The van der Waals surface area contributed by atoms with E-state index in [-0.39, 0.29) is 0 Å². The number of nitrogens with one attached hydrogen (secondary N) is 1. The third kappa shape index (κ3) is 6.14. The van der Waals surface area contributed by atoms with Crippen molar-refractivity contribution in [3.8, 4) is 0 Å². The molecule has 0 saturated heterocycles. The Morgan fingerprint density at radius 1 is 1.46 bits per heavy atom. The van der Waals surface area contributed by atoms with Crippen LogP contribution in [-0.2, 0) is 0 Å². The Kier molecular flexibility index (Phi) is 6.98. The van der Waals surface area contributed by atoms with Gasteiger partial charge in [-0.2, -0.15) is 5.10 Å². The number of aromatic nitrogens is 2. The fourth-order valence-corrected chi connectivity index (χ4v) is 0.827. The Bertz CT molecular complexity index is 210. The lowest BCUT2D eigenvalue weighted by atomic mass is 10.1. The predicted molar refractivity (Wildman–Crippen MR) is 58.4 cm³/mol. The molecule has 0 aliphatic rings. The predicted octanol–water partition coefficient (Wildman–Crippen LogP) is 3.50. The zero-order valence-corrected chi connectivity index (χ0v) is 9.04. The summed E-state index contributed by atoms with van der Waals surface area (Å²) < 4.78 is 0. The highest BCUT2D eigenvalue weighted by Crippen LogP contribution is 2.03. The van der Waals surface area contributed by atoms with Gasteiger partial charge in [-0.15, -0.1) is 0 Å². The van der Waals surface area contributed by atoms with Crippen molar-refractivity contribution in [1.82, 2.24) is 10.2 Å². The van der Waals surface area contributed by atoms with E-state index in [2.05, 4.69) is 36.2 Å². The van der Waals surface area contributed by atoms with Gasteiger partial charge in [0.2, 0.25) is 0 Å². The zero-order valence-electron chi connectivity index (χ0n) is 9.04. The molecule has 0 amide bonds. The van der Waals surface area contributed by atoms with E-state index in [1.807, 2.05) is 19.9 Å². The summed E-state index contributed by atoms with van der Waals surface area (Å²) in [5, 5.41) is 6.72. The first-order chi connectivity index (χ1) is 6.29. The molecule has 1 heterocycles. The Hall–Kier alpha value is -1.05. The van der Waals surface area contributed by atoms with E-state index in [0.29, 0.717) is 0 Å². The molecule has 0 aliphatic carbocycles. The largest absolute Gasteiger partial charge is 0.278 e. The van der Waals surface area contributed by atoms with Gasteiger partial charge in [-0.05, 0) is 24.5 Å². The summed E-state index contributed by atoms with van der Waals surface area (Å²) in [4.78, 5) is 0. The first-order valence-corrected chi connectivity index (χ1v) is 4.95. The Balaban J connectivity index is 0.000000671. The molecule has 0 fully saturated rings. The fraction of sp³-hybridized carbons (Fsp3) is 0.545. The maximum absolute atomic E-state index is 3.84. The molecule has 0 bridgehead atoms. The summed E-state index contributed by atoms with van der Waals surface area (Å²) in [6.07, 6.45) is 7.11. The molecule has 0 aromatic carbocycles. The Labute approximate surface area is 81.1 Å². The van der Waals surface area contributed by atoms with E-state index in [1.165, 1.54) is 0 Å². The van der Waals surface area contributed by atoms with Crippen molar-refractivity contribution in [3.63, 3.8) is 0 Å². The molecule has 13 heavy (non-hydrogen) atoms. The highest BCUT2D eigenvalue weighted by Gasteiger charge is 1.88. The quantitative estimate of drug-likeness (QED) is 0.757. The number of aromatic amines is 1. The summed E-state index contributed by atoms with van der Waals surface area (Å²) in [5.74, 6) is 0.731. The zero-order chi connectivity index (χ0) is 10.1. The number of hydrogen-bond donors (Lipinski definition) is 1. The number of H-pyrrole nitrogens is 1. The molecule has 0 atom stereocenters. The van der Waals surface area contributed by atoms with Crippen LogP contribution in [0.3, 0.4) is 0 Å². The van der Waals surface area contributed by atoms with Gasteiger partial charge in [-0.3, -0.25) is 5.10 Å². The highest BCUT2D eigenvalue weighted by molar-refractivity contribution is 5.42. The molecule has 0 spiro atoms. The molecule has 1 aromatic heterocycles. The molecule has 0 aliphatic heterocycles. The van der Waals surface area contributed by atoms with E-state index in [1.54, 1.807) is 6.20 Å². The third-order valence-corrected chi connectivity index (χ3v) is 1.43. The van der Waals surface area contributed by atoms with Crippen molar-refractivity contribution < 1.29 is 0 Å². The van der Waals surface area contributed by atoms with Crippen LogP contribution in [0.25, 0.3) is 6.08 Å². The van der Waals surface area contributed by atoms with E-state index in [9.17, 15) is 0 Å². The van der Waals surface area contributed by atoms with Crippen LogP contribution >= 0.6 is 0 Å². The lowest BCUT2D eigenvalue weighted by molar-refractivity contribution is 0.665. The SMILES string of the molecule is CC.CC(C)C/C=C/c1ccn[nH]1. The maximum atomic E-state index is 3.84. The topological polar surface area (TPSA) is 28.7 Å². The smallest absolute Gasteiger partial charge is 0.0574 e. The summed E-state index contributed by atoms with van der Waals surface area (Å²) in [6.45, 7) is 8.41. The third-order valence-electron chi connectivity index (χ3n) is 1.43. The average Bonchev–Trinajstić information content (AvgIpc) is 2.60. The van der Waals surface area contributed by atoms with Crippen molar-refractivity contribution in [1.29, 1.82) is 0 Å². The second-order valence-electron chi connectivity index (χ2n) is 3.04. The molecular weight excluding hydrogens is 160 g/mol. The minimum absolute atomic E-state index is 0.731. The van der Waals surface area contributed by atoms with Crippen LogP contribution in [0.15, 0.2) is 18.3 Å². The standard InChI is InChI=1S/C9H14N2.C2H6/c1-8(2)4-3-5-9-6-7-10-11-9;1-2/h3,5-8H,4H2,1-2H3,(H,10,11);1-2H3/b5-3+;. The summed E-state index contributed by atoms with van der Waals surface area (Å²) in [7, 11) is 0. The van der Waals surface area contributed by atoms with Crippen LogP contribution in [-0.4, -0.2) is 10.2 Å². The van der Waals surface area contributed by atoms with Crippen LogP contribution in [0.4, 0.5) is 0 Å². The van der Waals surface area contributed by atoms with Gasteiger partial charge in [-0.25, -0.2) is 0 Å². The summed E-state index contributed by atoms with van der Waals surface area (Å²) in [5.41, 5.74) is 1.07. The second-order valence-corrected chi connectivity index (χ2v) is 3.04. The monoisotopic (exact) mass is 180 g/mol. The van der Waals surface area contributed by atoms with Gasteiger partial charge >= 0.3 is 0 Å². The Morgan fingerprint density at radius 3 is 2.62 bits per heavy atom. The van der Waals surface area contributed by atoms with Crippen LogP contribution < -0.4 is 0 Å². The van der Waals surface area contributed by atoms with Crippen molar-refractivity contribution in [2.24, 2.45) is 5.92 Å².